The van der Waals surface area contributed by atoms with Crippen molar-refractivity contribution in [1.82, 2.24) is 4.90 Å². The fourth-order valence-electron chi connectivity index (χ4n) is 3.90. The summed E-state index contributed by atoms with van der Waals surface area (Å²) in [4.78, 5) is 28.0. The molecule has 0 atom stereocenters. The van der Waals surface area contributed by atoms with Crippen LogP contribution in [0.5, 0.6) is 11.5 Å². The van der Waals surface area contributed by atoms with E-state index < -0.39 is 0 Å². The Hall–Kier alpha value is -3.32. The van der Waals surface area contributed by atoms with Crippen LogP contribution in [0.2, 0.25) is 0 Å². The molecule has 2 aliphatic rings. The zero-order valence-corrected chi connectivity index (χ0v) is 18.9. The minimum atomic E-state index is -0.341. The lowest BCUT2D eigenvalue weighted by atomic mass is 9.97. The summed E-state index contributed by atoms with van der Waals surface area (Å²) in [5, 5.41) is 3.18. The molecule has 2 amide bonds. The van der Waals surface area contributed by atoms with Crippen LogP contribution in [0.4, 0.5) is 5.69 Å². The predicted octanol–water partition coefficient (Wildman–Crippen LogP) is 4.04. The fourth-order valence-corrected chi connectivity index (χ4v) is 3.90. The van der Waals surface area contributed by atoms with Crippen LogP contribution < -0.4 is 14.8 Å². The zero-order valence-electron chi connectivity index (χ0n) is 18.9. The number of carbonyl (C=O) groups is 2. The monoisotopic (exact) mass is 436 g/mol. The summed E-state index contributed by atoms with van der Waals surface area (Å²) in [5.41, 5.74) is 4.09. The maximum Gasteiger partial charge on any atom is 0.278 e. The van der Waals surface area contributed by atoms with Crippen molar-refractivity contribution in [2.24, 2.45) is 0 Å². The first-order valence-corrected chi connectivity index (χ1v) is 10.8. The number of imide groups is 1. The molecule has 168 valence electrons. The van der Waals surface area contributed by atoms with Gasteiger partial charge in [-0.25, -0.2) is 0 Å². The van der Waals surface area contributed by atoms with Crippen molar-refractivity contribution in [3.63, 3.8) is 0 Å². The number of aryl methyl sites for hydroxylation is 2. The molecule has 2 aliphatic heterocycles. The molecule has 0 spiro atoms. The van der Waals surface area contributed by atoms with Gasteiger partial charge in [-0.15, -0.1) is 0 Å². The Morgan fingerprint density at radius 2 is 1.81 bits per heavy atom. The summed E-state index contributed by atoms with van der Waals surface area (Å²) in [6, 6.07) is 11.2. The van der Waals surface area contributed by atoms with Crippen molar-refractivity contribution in [2.45, 2.75) is 40.2 Å². The molecule has 4 rings (SSSR count). The Morgan fingerprint density at radius 1 is 1.03 bits per heavy atom. The number of hydrogen-bond acceptors (Lipinski definition) is 6. The van der Waals surface area contributed by atoms with Gasteiger partial charge >= 0.3 is 0 Å². The third-order valence-electron chi connectivity index (χ3n) is 5.44. The molecule has 32 heavy (non-hydrogen) atoms. The van der Waals surface area contributed by atoms with Crippen LogP contribution in [0.1, 0.15) is 37.0 Å². The van der Waals surface area contributed by atoms with Crippen molar-refractivity contribution in [3.8, 4) is 11.5 Å². The van der Waals surface area contributed by atoms with Gasteiger partial charge in [-0.3, -0.25) is 14.5 Å². The summed E-state index contributed by atoms with van der Waals surface area (Å²) in [5.74, 6) is 0.616. The van der Waals surface area contributed by atoms with Gasteiger partial charge in [0.2, 0.25) is 6.79 Å². The van der Waals surface area contributed by atoms with Crippen LogP contribution >= 0.6 is 0 Å². The third kappa shape index (κ3) is 4.34. The highest BCUT2D eigenvalue weighted by molar-refractivity contribution is 6.36. The number of amides is 2. The Balaban J connectivity index is 1.66. The van der Waals surface area contributed by atoms with Gasteiger partial charge in [0.15, 0.2) is 11.5 Å². The van der Waals surface area contributed by atoms with Gasteiger partial charge in [-0.2, -0.15) is 0 Å². The highest BCUT2D eigenvalue weighted by Crippen LogP contribution is 2.37. The van der Waals surface area contributed by atoms with Gasteiger partial charge in [-0.05, 0) is 57.4 Å². The van der Waals surface area contributed by atoms with Crippen molar-refractivity contribution >= 4 is 23.1 Å². The van der Waals surface area contributed by atoms with E-state index in [0.29, 0.717) is 42.3 Å². The molecule has 0 fully saturated rings. The van der Waals surface area contributed by atoms with E-state index in [1.165, 1.54) is 4.90 Å². The van der Waals surface area contributed by atoms with Crippen molar-refractivity contribution in [3.05, 3.63) is 58.8 Å². The molecular weight excluding hydrogens is 408 g/mol. The number of ether oxygens (including phenoxy) is 3. The molecule has 0 aliphatic carbocycles. The highest BCUT2D eigenvalue weighted by Gasteiger charge is 2.39. The van der Waals surface area contributed by atoms with Gasteiger partial charge in [0, 0.05) is 24.9 Å². The first-order valence-electron chi connectivity index (χ1n) is 10.8. The number of benzene rings is 2. The second-order valence-electron chi connectivity index (χ2n) is 8.30. The maximum absolute atomic E-state index is 13.4. The molecule has 0 unspecified atom stereocenters. The van der Waals surface area contributed by atoms with Crippen LogP contribution in [-0.2, 0) is 14.3 Å². The molecule has 0 aromatic heterocycles. The Labute approximate surface area is 188 Å². The largest absolute Gasteiger partial charge is 0.454 e. The Kier molecular flexibility index (Phi) is 6.19. The SMILES string of the molecule is Cc1ccc(C2=C(Nc3ccc4c(c3)OCO4)C(=O)N(CCCOC(C)C)C2=O)c(C)c1. The number of hydrogen-bond donors (Lipinski definition) is 1. The van der Waals surface area contributed by atoms with E-state index in [1.54, 1.807) is 18.2 Å². The second kappa shape index (κ2) is 9.04. The lowest BCUT2D eigenvalue weighted by Gasteiger charge is -2.16. The second-order valence-corrected chi connectivity index (χ2v) is 8.30. The summed E-state index contributed by atoms with van der Waals surface area (Å²) in [7, 11) is 0. The minimum absolute atomic E-state index is 0.104. The number of anilines is 1. The molecule has 0 bridgehead atoms. The van der Waals surface area contributed by atoms with Gasteiger partial charge in [-0.1, -0.05) is 23.8 Å². The van der Waals surface area contributed by atoms with E-state index in [4.69, 9.17) is 14.2 Å². The normalized spacial score (nSPS) is 15.3. The van der Waals surface area contributed by atoms with E-state index >= 15 is 0 Å². The van der Waals surface area contributed by atoms with Crippen molar-refractivity contribution in [1.29, 1.82) is 0 Å². The van der Waals surface area contributed by atoms with Gasteiger partial charge in [0.25, 0.3) is 11.8 Å². The van der Waals surface area contributed by atoms with E-state index in [9.17, 15) is 9.59 Å². The van der Waals surface area contributed by atoms with Gasteiger partial charge < -0.3 is 19.5 Å². The number of fused-ring (bicyclic) bond motifs is 1. The molecule has 0 saturated heterocycles. The standard InChI is InChI=1S/C25H28N2O5/c1-15(2)30-11-5-10-27-24(28)22(19-8-6-16(3)12-17(19)4)23(25(27)29)26-18-7-9-20-21(13-18)32-14-31-20/h6-9,12-13,15,26H,5,10-11,14H2,1-4H3. The summed E-state index contributed by atoms with van der Waals surface area (Å²) in [6.07, 6.45) is 0.680. The van der Waals surface area contributed by atoms with Crippen molar-refractivity contribution in [2.75, 3.05) is 25.3 Å². The topological polar surface area (TPSA) is 77.1 Å². The zero-order chi connectivity index (χ0) is 22.8. The summed E-state index contributed by atoms with van der Waals surface area (Å²) in [6.45, 7) is 8.81. The fraction of sp³-hybridized carbons (Fsp3) is 0.360. The average Bonchev–Trinajstić information content (AvgIpc) is 3.29. The number of carbonyl (C=O) groups excluding carboxylic acids is 2. The van der Waals surface area contributed by atoms with E-state index in [1.807, 2.05) is 45.9 Å². The molecule has 0 saturated carbocycles. The van der Waals surface area contributed by atoms with Crippen LogP contribution in [0.3, 0.4) is 0 Å². The van der Waals surface area contributed by atoms with Crippen LogP contribution in [-0.4, -0.2) is 42.8 Å². The smallest absolute Gasteiger partial charge is 0.278 e. The Morgan fingerprint density at radius 3 is 2.56 bits per heavy atom. The molecule has 2 heterocycles. The van der Waals surface area contributed by atoms with E-state index in [-0.39, 0.29) is 30.4 Å². The molecule has 2 aromatic rings. The molecule has 1 N–H and O–H groups in total. The molecular formula is C25H28N2O5. The average molecular weight is 437 g/mol. The van der Waals surface area contributed by atoms with Crippen LogP contribution in [0, 0.1) is 13.8 Å². The number of nitrogens with zero attached hydrogens (tertiary/aromatic N) is 1. The molecule has 0 radical (unpaired) electrons. The maximum atomic E-state index is 13.4. The molecule has 7 heteroatoms. The lowest BCUT2D eigenvalue weighted by Crippen LogP contribution is -2.34. The number of rotatable bonds is 8. The van der Waals surface area contributed by atoms with Gasteiger partial charge in [0.05, 0.1) is 11.7 Å². The third-order valence-corrected chi connectivity index (χ3v) is 5.44. The summed E-state index contributed by atoms with van der Waals surface area (Å²) < 4.78 is 16.4. The number of nitrogens with one attached hydrogen (secondary N) is 1. The lowest BCUT2D eigenvalue weighted by molar-refractivity contribution is -0.137. The predicted molar refractivity (Wildman–Crippen MR) is 121 cm³/mol. The quantitative estimate of drug-likeness (QED) is 0.497. The highest BCUT2D eigenvalue weighted by atomic mass is 16.7. The first kappa shape index (κ1) is 21.9. The Bertz CT molecular complexity index is 1090. The molecule has 2 aromatic carbocycles. The van der Waals surface area contributed by atoms with Crippen molar-refractivity contribution < 1.29 is 23.8 Å². The van der Waals surface area contributed by atoms with E-state index in [0.717, 1.165) is 16.7 Å². The van der Waals surface area contributed by atoms with Gasteiger partial charge in [0.1, 0.15) is 5.70 Å². The molecule has 7 nitrogen and oxygen atoms in total. The summed E-state index contributed by atoms with van der Waals surface area (Å²) >= 11 is 0. The van der Waals surface area contributed by atoms with Crippen LogP contribution in [0.25, 0.3) is 5.57 Å². The van der Waals surface area contributed by atoms with E-state index in [2.05, 4.69) is 5.32 Å². The minimum Gasteiger partial charge on any atom is -0.454 e. The first-order chi connectivity index (χ1) is 15.3. The van der Waals surface area contributed by atoms with Crippen LogP contribution in [0.15, 0.2) is 42.1 Å².